The lowest BCUT2D eigenvalue weighted by Gasteiger charge is -2.08. The zero-order valence-corrected chi connectivity index (χ0v) is 17.4. The van der Waals surface area contributed by atoms with Crippen LogP contribution in [0.2, 0.25) is 0 Å². The fourth-order valence-corrected chi connectivity index (χ4v) is 2.99. The molecule has 1 amide bonds. The summed E-state index contributed by atoms with van der Waals surface area (Å²) >= 11 is 0. The molecule has 31 heavy (non-hydrogen) atoms. The molecule has 0 atom stereocenters. The van der Waals surface area contributed by atoms with E-state index in [0.717, 1.165) is 22.5 Å². The third-order valence-corrected chi connectivity index (χ3v) is 4.97. The van der Waals surface area contributed by atoms with Gasteiger partial charge in [0.1, 0.15) is 0 Å². The maximum absolute atomic E-state index is 10.8. The SMILES string of the molecule is C1CCC1.Cc1cc(Nc2nc3cncc(-c4cnn(C)c4)n3n2)ccc1NC(=O)O. The van der Waals surface area contributed by atoms with Crippen molar-refractivity contribution in [1.82, 2.24) is 29.4 Å². The Kier molecular flexibility index (Phi) is 5.78. The molecule has 3 N–H and O–H groups in total. The van der Waals surface area contributed by atoms with E-state index >= 15 is 0 Å². The number of fused-ring (bicyclic) bond motifs is 1. The Morgan fingerprint density at radius 3 is 2.52 bits per heavy atom. The molecule has 10 heteroatoms. The largest absolute Gasteiger partial charge is 0.465 e. The van der Waals surface area contributed by atoms with Gasteiger partial charge in [-0.25, -0.2) is 9.31 Å². The number of hydrogen-bond donors (Lipinski definition) is 3. The van der Waals surface area contributed by atoms with Crippen LogP contribution in [0.4, 0.5) is 22.1 Å². The van der Waals surface area contributed by atoms with Crippen molar-refractivity contribution < 1.29 is 9.90 Å². The van der Waals surface area contributed by atoms with Gasteiger partial charge >= 0.3 is 6.09 Å². The summed E-state index contributed by atoms with van der Waals surface area (Å²) in [4.78, 5) is 19.4. The molecule has 0 radical (unpaired) electrons. The monoisotopic (exact) mass is 420 g/mol. The summed E-state index contributed by atoms with van der Waals surface area (Å²) in [7, 11) is 1.84. The van der Waals surface area contributed by atoms with E-state index in [1.807, 2.05) is 26.2 Å². The maximum atomic E-state index is 10.8. The van der Waals surface area contributed by atoms with Crippen LogP contribution in [0.5, 0.6) is 0 Å². The number of carbonyl (C=O) groups is 1. The van der Waals surface area contributed by atoms with Crippen molar-refractivity contribution in [1.29, 1.82) is 0 Å². The molecule has 3 heterocycles. The molecule has 3 aromatic heterocycles. The number of aromatic nitrogens is 6. The summed E-state index contributed by atoms with van der Waals surface area (Å²) in [6.07, 6.45) is 11.9. The first-order chi connectivity index (χ1) is 15.0. The maximum Gasteiger partial charge on any atom is 0.409 e. The van der Waals surface area contributed by atoms with Crippen LogP contribution in [0, 0.1) is 6.92 Å². The Hall–Kier alpha value is -3.95. The molecule has 4 aromatic rings. The van der Waals surface area contributed by atoms with Gasteiger partial charge in [0.2, 0.25) is 5.95 Å². The third-order valence-electron chi connectivity index (χ3n) is 4.97. The molecule has 0 aliphatic heterocycles. The van der Waals surface area contributed by atoms with Gasteiger partial charge in [-0.15, -0.1) is 5.10 Å². The standard InChI is InChI=1S/C17H16N8O2.C4H8/c1-10-5-12(3-4-13(10)21-17(26)27)20-16-22-15-8-18-7-14(25(15)23-16)11-6-19-24(2)9-11;1-2-4-3-1/h3-9,21H,1-2H3,(H,20,23)(H,26,27);1-4H2. The van der Waals surface area contributed by atoms with Crippen LogP contribution in [0.25, 0.3) is 16.9 Å². The van der Waals surface area contributed by atoms with E-state index in [0.29, 0.717) is 17.3 Å². The second-order valence-corrected chi connectivity index (χ2v) is 7.40. The molecule has 0 saturated heterocycles. The first-order valence-corrected chi connectivity index (χ1v) is 10.1. The number of carboxylic acid groups (broad SMARTS) is 1. The molecule has 5 rings (SSSR count). The first kappa shape index (κ1) is 20.3. The summed E-state index contributed by atoms with van der Waals surface area (Å²) in [5.41, 5.74) is 4.31. The Bertz CT molecular complexity index is 1210. The molecule has 1 aliphatic rings. The summed E-state index contributed by atoms with van der Waals surface area (Å²) in [6, 6.07) is 5.26. The minimum atomic E-state index is -1.10. The van der Waals surface area contributed by atoms with E-state index in [4.69, 9.17) is 5.11 Å². The van der Waals surface area contributed by atoms with Gasteiger partial charge in [0.15, 0.2) is 5.65 Å². The van der Waals surface area contributed by atoms with E-state index in [1.165, 1.54) is 25.7 Å². The quantitative estimate of drug-likeness (QED) is 0.451. The van der Waals surface area contributed by atoms with Gasteiger partial charge in [0.05, 0.1) is 24.3 Å². The lowest BCUT2D eigenvalue weighted by Crippen LogP contribution is -2.08. The molecule has 1 fully saturated rings. The van der Waals surface area contributed by atoms with Crippen molar-refractivity contribution in [2.75, 3.05) is 10.6 Å². The topological polar surface area (TPSA) is 122 Å². The molecule has 160 valence electrons. The van der Waals surface area contributed by atoms with E-state index < -0.39 is 6.09 Å². The average Bonchev–Trinajstić information content (AvgIpc) is 3.27. The van der Waals surface area contributed by atoms with E-state index in [9.17, 15) is 4.79 Å². The fraction of sp³-hybridized carbons (Fsp3) is 0.286. The van der Waals surface area contributed by atoms with Gasteiger partial charge in [0, 0.05) is 30.2 Å². The summed E-state index contributed by atoms with van der Waals surface area (Å²) in [5.74, 6) is 0.409. The van der Waals surface area contributed by atoms with Crippen LogP contribution in [-0.4, -0.2) is 40.6 Å². The van der Waals surface area contributed by atoms with Gasteiger partial charge in [-0.1, -0.05) is 25.7 Å². The van der Waals surface area contributed by atoms with Crippen molar-refractivity contribution in [2.24, 2.45) is 7.05 Å². The molecule has 0 spiro atoms. The molecule has 1 aromatic carbocycles. The molecule has 1 aliphatic carbocycles. The molecule has 10 nitrogen and oxygen atoms in total. The Morgan fingerprint density at radius 1 is 1.13 bits per heavy atom. The number of benzene rings is 1. The van der Waals surface area contributed by atoms with Crippen LogP contribution in [0.15, 0.2) is 43.0 Å². The Balaban J connectivity index is 0.000000520. The highest BCUT2D eigenvalue weighted by Gasteiger charge is 2.11. The lowest BCUT2D eigenvalue weighted by atomic mass is 10.0. The number of rotatable bonds is 4. The van der Waals surface area contributed by atoms with E-state index in [1.54, 1.807) is 39.9 Å². The van der Waals surface area contributed by atoms with E-state index in [2.05, 4.69) is 30.8 Å². The fourth-order valence-electron chi connectivity index (χ4n) is 2.99. The van der Waals surface area contributed by atoms with Crippen LogP contribution in [-0.2, 0) is 7.05 Å². The van der Waals surface area contributed by atoms with E-state index in [-0.39, 0.29) is 0 Å². The second-order valence-electron chi connectivity index (χ2n) is 7.40. The average molecular weight is 420 g/mol. The molecule has 0 bridgehead atoms. The van der Waals surface area contributed by atoms with Crippen molar-refractivity contribution in [3.63, 3.8) is 0 Å². The molecule has 1 saturated carbocycles. The van der Waals surface area contributed by atoms with Crippen molar-refractivity contribution in [2.45, 2.75) is 32.6 Å². The summed E-state index contributed by atoms with van der Waals surface area (Å²) in [6.45, 7) is 1.82. The van der Waals surface area contributed by atoms with Crippen molar-refractivity contribution in [3.8, 4) is 11.3 Å². The zero-order chi connectivity index (χ0) is 21.8. The number of anilines is 3. The number of amides is 1. The van der Waals surface area contributed by atoms with Gasteiger partial charge in [-0.2, -0.15) is 10.1 Å². The smallest absolute Gasteiger partial charge is 0.409 e. The third kappa shape index (κ3) is 4.80. The van der Waals surface area contributed by atoms with Gasteiger partial charge in [0.25, 0.3) is 0 Å². The lowest BCUT2D eigenvalue weighted by molar-refractivity contribution is 0.209. The number of hydrogen-bond acceptors (Lipinski definition) is 6. The molecular formula is C21H24N8O2. The van der Waals surface area contributed by atoms with Crippen LogP contribution in [0.3, 0.4) is 0 Å². The summed E-state index contributed by atoms with van der Waals surface area (Å²) in [5, 5.41) is 23.0. The van der Waals surface area contributed by atoms with Crippen LogP contribution in [0.1, 0.15) is 31.2 Å². The highest BCUT2D eigenvalue weighted by molar-refractivity contribution is 5.84. The van der Waals surface area contributed by atoms with Gasteiger partial charge in [-0.3, -0.25) is 15.0 Å². The first-order valence-electron chi connectivity index (χ1n) is 10.1. The van der Waals surface area contributed by atoms with Crippen molar-refractivity contribution in [3.05, 3.63) is 48.5 Å². The predicted octanol–water partition coefficient (Wildman–Crippen LogP) is 4.23. The highest BCUT2D eigenvalue weighted by Crippen LogP contribution is 2.23. The number of aryl methyl sites for hydroxylation is 2. The van der Waals surface area contributed by atoms with Crippen LogP contribution < -0.4 is 10.6 Å². The Morgan fingerprint density at radius 2 is 1.90 bits per heavy atom. The minimum absolute atomic E-state index is 0.409. The zero-order valence-electron chi connectivity index (χ0n) is 17.4. The van der Waals surface area contributed by atoms with Gasteiger partial charge in [-0.05, 0) is 30.7 Å². The summed E-state index contributed by atoms with van der Waals surface area (Å²) < 4.78 is 3.40. The minimum Gasteiger partial charge on any atom is -0.465 e. The Labute approximate surface area is 179 Å². The molecular weight excluding hydrogens is 396 g/mol. The van der Waals surface area contributed by atoms with Gasteiger partial charge < -0.3 is 10.4 Å². The highest BCUT2D eigenvalue weighted by atomic mass is 16.4. The predicted molar refractivity (Wildman–Crippen MR) is 118 cm³/mol. The number of nitrogens with zero attached hydrogens (tertiary/aromatic N) is 6. The molecule has 0 unspecified atom stereocenters. The van der Waals surface area contributed by atoms with Crippen LogP contribution >= 0.6 is 0 Å². The second kappa shape index (κ2) is 8.82. The number of nitrogens with one attached hydrogen (secondary N) is 2. The normalized spacial score (nSPS) is 12.6. The van der Waals surface area contributed by atoms with Crippen molar-refractivity contribution >= 4 is 29.1 Å².